The molecule has 4 aromatic rings. The van der Waals surface area contributed by atoms with Gasteiger partial charge in [-0.1, -0.05) is 35.5 Å². The van der Waals surface area contributed by atoms with Gasteiger partial charge in [0.2, 0.25) is 0 Å². The number of halogens is 1. The summed E-state index contributed by atoms with van der Waals surface area (Å²) in [4.78, 5) is 15.3. The van der Waals surface area contributed by atoms with Crippen molar-refractivity contribution in [2.24, 2.45) is 0 Å². The van der Waals surface area contributed by atoms with Gasteiger partial charge in [-0.3, -0.25) is 9.52 Å². The lowest BCUT2D eigenvalue weighted by molar-refractivity contribution is 0.0986. The number of nitrogens with one attached hydrogen (secondary N) is 1. The van der Waals surface area contributed by atoms with E-state index < -0.39 is 21.7 Å². The molecule has 4 rings (SSSR count). The second-order valence-electron chi connectivity index (χ2n) is 8.09. The predicted octanol–water partition coefficient (Wildman–Crippen LogP) is 5.39. The molecule has 1 amide bonds. The van der Waals surface area contributed by atoms with Crippen molar-refractivity contribution < 1.29 is 22.1 Å². The van der Waals surface area contributed by atoms with Crippen LogP contribution in [-0.2, 0) is 16.6 Å². The second-order valence-corrected chi connectivity index (χ2v) is 9.77. The number of anilines is 2. The number of nitrogens with zero attached hydrogens (tertiary/aromatic N) is 2. The summed E-state index contributed by atoms with van der Waals surface area (Å²) in [6, 6.07) is 18.9. The van der Waals surface area contributed by atoms with E-state index in [1.807, 2.05) is 18.2 Å². The summed E-state index contributed by atoms with van der Waals surface area (Å²) in [6.45, 7) is 5.24. The summed E-state index contributed by atoms with van der Waals surface area (Å²) in [6.07, 6.45) is 0. The molecule has 9 heteroatoms. The van der Waals surface area contributed by atoms with Crippen LogP contribution in [0.3, 0.4) is 0 Å². The van der Waals surface area contributed by atoms with Crippen molar-refractivity contribution in [3.05, 3.63) is 107 Å². The maximum Gasteiger partial charge on any atom is 0.261 e. The van der Waals surface area contributed by atoms with Gasteiger partial charge in [-0.15, -0.1) is 0 Å². The monoisotopic (exact) mass is 493 g/mol. The Morgan fingerprint density at radius 2 is 1.69 bits per heavy atom. The first kappa shape index (κ1) is 24.2. The van der Waals surface area contributed by atoms with Gasteiger partial charge in [0, 0.05) is 11.3 Å². The van der Waals surface area contributed by atoms with Gasteiger partial charge in [-0.05, 0) is 68.8 Å². The quantitative estimate of drug-likeness (QED) is 0.373. The fourth-order valence-corrected chi connectivity index (χ4v) is 4.83. The van der Waals surface area contributed by atoms with Crippen LogP contribution >= 0.6 is 0 Å². The van der Waals surface area contributed by atoms with Gasteiger partial charge in [0.25, 0.3) is 15.9 Å². The lowest BCUT2D eigenvalue weighted by Gasteiger charge is -2.24. The van der Waals surface area contributed by atoms with Crippen LogP contribution in [0, 0.1) is 26.6 Å². The number of hydrogen-bond donors (Lipinski definition) is 1. The number of hydrogen-bond acceptors (Lipinski definition) is 5. The lowest BCUT2D eigenvalue weighted by atomic mass is 10.1. The third-order valence-electron chi connectivity index (χ3n) is 5.65. The van der Waals surface area contributed by atoms with Crippen molar-refractivity contribution >= 4 is 27.3 Å². The van der Waals surface area contributed by atoms with Gasteiger partial charge >= 0.3 is 0 Å². The molecular weight excluding hydrogens is 469 g/mol. The van der Waals surface area contributed by atoms with Crippen molar-refractivity contribution in [3.8, 4) is 0 Å². The first-order chi connectivity index (χ1) is 16.7. The van der Waals surface area contributed by atoms with Gasteiger partial charge in [0.15, 0.2) is 0 Å². The Hall–Kier alpha value is -3.98. The van der Waals surface area contributed by atoms with Gasteiger partial charge in [-0.25, -0.2) is 12.8 Å². The van der Waals surface area contributed by atoms with Crippen molar-refractivity contribution in [3.63, 3.8) is 0 Å². The average molecular weight is 494 g/mol. The summed E-state index contributed by atoms with van der Waals surface area (Å²) < 4.78 is 47.5. The number of rotatable bonds is 7. The molecule has 7 nitrogen and oxygen atoms in total. The number of sulfonamides is 1. The zero-order chi connectivity index (χ0) is 25.2. The second kappa shape index (κ2) is 9.71. The molecule has 0 atom stereocenters. The minimum atomic E-state index is -4.07. The number of amides is 1. The molecule has 1 aromatic heterocycles. The van der Waals surface area contributed by atoms with E-state index in [9.17, 15) is 17.6 Å². The fourth-order valence-electron chi connectivity index (χ4n) is 3.67. The number of aryl methyl sites for hydroxylation is 3. The Bertz CT molecular complexity index is 1460. The molecule has 0 radical (unpaired) electrons. The summed E-state index contributed by atoms with van der Waals surface area (Å²) in [5, 5.41) is 3.98. The van der Waals surface area contributed by atoms with Crippen molar-refractivity contribution in [1.82, 2.24) is 5.16 Å². The zero-order valence-electron chi connectivity index (χ0n) is 19.4. The summed E-state index contributed by atoms with van der Waals surface area (Å²) in [7, 11) is -4.07. The lowest BCUT2D eigenvalue weighted by Crippen LogP contribution is -2.31. The largest absolute Gasteiger partial charge is 0.361 e. The Kier molecular flexibility index (Phi) is 6.70. The summed E-state index contributed by atoms with van der Waals surface area (Å²) in [5.41, 5.74) is 2.53. The van der Waals surface area contributed by atoms with Crippen LogP contribution in [0.15, 0.2) is 82.2 Å². The molecular formula is C26H24FN3O4S. The van der Waals surface area contributed by atoms with Gasteiger partial charge < -0.3 is 9.42 Å². The highest BCUT2D eigenvalue weighted by Crippen LogP contribution is 2.27. The topological polar surface area (TPSA) is 92.5 Å². The standard InChI is InChI=1S/C26H24FN3O4S/c1-17-15-21(13-14-24(17)27)35(32,33)29-25-12-8-7-11-22(25)26(31)30(20-9-5-4-6-10-20)16-23-18(2)28-34-19(23)3/h4-15,29H,16H2,1-3H3. The van der Waals surface area contributed by atoms with Crippen molar-refractivity contribution in [2.45, 2.75) is 32.2 Å². The van der Waals surface area contributed by atoms with E-state index in [0.717, 1.165) is 11.6 Å². The molecule has 35 heavy (non-hydrogen) atoms. The Morgan fingerprint density at radius 1 is 1.00 bits per heavy atom. The number of aromatic nitrogens is 1. The van der Waals surface area contributed by atoms with Crippen LogP contribution in [0.2, 0.25) is 0 Å². The SMILES string of the molecule is Cc1cc(S(=O)(=O)Nc2ccccc2C(=O)N(Cc2c(C)noc2C)c2ccccc2)ccc1F. The minimum Gasteiger partial charge on any atom is -0.361 e. The van der Waals surface area contributed by atoms with E-state index in [2.05, 4.69) is 9.88 Å². The molecule has 180 valence electrons. The van der Waals surface area contributed by atoms with Crippen molar-refractivity contribution in [1.29, 1.82) is 0 Å². The van der Waals surface area contributed by atoms with Crippen LogP contribution < -0.4 is 9.62 Å². The third-order valence-corrected chi connectivity index (χ3v) is 7.02. The molecule has 0 unspecified atom stereocenters. The molecule has 0 aliphatic heterocycles. The van der Waals surface area contributed by atoms with E-state index in [4.69, 9.17) is 4.52 Å². The molecule has 1 heterocycles. The minimum absolute atomic E-state index is 0.103. The Morgan fingerprint density at radius 3 is 2.34 bits per heavy atom. The maximum atomic E-state index is 13.8. The van der Waals surface area contributed by atoms with E-state index in [-0.39, 0.29) is 28.3 Å². The highest BCUT2D eigenvalue weighted by molar-refractivity contribution is 7.92. The highest BCUT2D eigenvalue weighted by Gasteiger charge is 2.25. The molecule has 0 saturated carbocycles. The first-order valence-electron chi connectivity index (χ1n) is 10.8. The van der Waals surface area contributed by atoms with E-state index in [0.29, 0.717) is 17.1 Å². The summed E-state index contributed by atoms with van der Waals surface area (Å²) in [5.74, 6) is -0.320. The number of para-hydroxylation sites is 2. The molecule has 0 spiro atoms. The van der Waals surface area contributed by atoms with Gasteiger partial charge in [-0.2, -0.15) is 0 Å². The Balaban J connectivity index is 1.73. The van der Waals surface area contributed by atoms with Crippen LogP contribution in [0.1, 0.15) is 32.9 Å². The molecule has 0 bridgehead atoms. The molecule has 0 aliphatic rings. The number of carbonyl (C=O) groups is 1. The molecule has 1 N–H and O–H groups in total. The van der Waals surface area contributed by atoms with Crippen LogP contribution in [0.5, 0.6) is 0 Å². The van der Waals surface area contributed by atoms with Crippen LogP contribution in [-0.4, -0.2) is 19.5 Å². The van der Waals surface area contributed by atoms with Crippen molar-refractivity contribution in [2.75, 3.05) is 9.62 Å². The number of carbonyl (C=O) groups excluding carboxylic acids is 1. The molecule has 0 aliphatic carbocycles. The maximum absolute atomic E-state index is 13.8. The van der Waals surface area contributed by atoms with Crippen LogP contribution in [0.4, 0.5) is 15.8 Å². The predicted molar refractivity (Wildman–Crippen MR) is 131 cm³/mol. The van der Waals surface area contributed by atoms with Crippen LogP contribution in [0.25, 0.3) is 0 Å². The highest BCUT2D eigenvalue weighted by atomic mass is 32.2. The normalized spacial score (nSPS) is 11.3. The van der Waals surface area contributed by atoms with Gasteiger partial charge in [0.05, 0.1) is 28.4 Å². The van der Waals surface area contributed by atoms with Gasteiger partial charge in [0.1, 0.15) is 11.6 Å². The van der Waals surface area contributed by atoms with E-state index >= 15 is 0 Å². The third kappa shape index (κ3) is 5.09. The smallest absolute Gasteiger partial charge is 0.261 e. The van der Waals surface area contributed by atoms with E-state index in [1.165, 1.54) is 25.1 Å². The molecule has 0 saturated heterocycles. The molecule has 0 fully saturated rings. The average Bonchev–Trinajstić information content (AvgIpc) is 3.16. The first-order valence-corrected chi connectivity index (χ1v) is 12.3. The Labute approximate surface area is 203 Å². The summed E-state index contributed by atoms with van der Waals surface area (Å²) >= 11 is 0. The number of benzene rings is 3. The van der Waals surface area contributed by atoms with E-state index in [1.54, 1.807) is 49.1 Å². The molecule has 3 aromatic carbocycles. The zero-order valence-corrected chi connectivity index (χ0v) is 20.3. The fraction of sp³-hybridized carbons (Fsp3) is 0.154.